The molecule has 1 saturated heterocycles. The van der Waals surface area contributed by atoms with Crippen LogP contribution >= 0.6 is 0 Å². The van der Waals surface area contributed by atoms with E-state index in [2.05, 4.69) is 21.5 Å². The van der Waals surface area contributed by atoms with Crippen molar-refractivity contribution < 1.29 is 9.53 Å². The van der Waals surface area contributed by atoms with E-state index in [-0.39, 0.29) is 18.2 Å². The first-order valence-electron chi connectivity index (χ1n) is 6.99. The molecule has 1 atom stereocenters. The molecule has 6 nitrogen and oxygen atoms in total. The molecular formula is C14H22N4O2. The maximum absolute atomic E-state index is 11.7. The van der Waals surface area contributed by atoms with Crippen molar-refractivity contribution in [1.29, 1.82) is 0 Å². The third-order valence-electron chi connectivity index (χ3n) is 3.15. The Bertz CT molecular complexity index is 407. The van der Waals surface area contributed by atoms with Gasteiger partial charge in [0.2, 0.25) is 0 Å². The highest BCUT2D eigenvalue weighted by atomic mass is 16.5. The molecule has 0 aromatic heterocycles. The molecular weight excluding hydrogens is 256 g/mol. The van der Waals surface area contributed by atoms with E-state index in [1.165, 1.54) is 0 Å². The maximum atomic E-state index is 11.7. The zero-order chi connectivity index (χ0) is 14.2. The van der Waals surface area contributed by atoms with Gasteiger partial charge in [0.05, 0.1) is 12.6 Å². The molecule has 4 N–H and O–H groups in total. The van der Waals surface area contributed by atoms with Gasteiger partial charge in [0.1, 0.15) is 11.9 Å². The predicted octanol–water partition coefficient (Wildman–Crippen LogP) is 0.620. The third-order valence-corrected chi connectivity index (χ3v) is 3.15. The Hall–Kier alpha value is -1.79. The summed E-state index contributed by atoms with van der Waals surface area (Å²) in [4.78, 5) is 11.7. The minimum atomic E-state index is -0.157. The van der Waals surface area contributed by atoms with E-state index in [4.69, 9.17) is 4.74 Å². The van der Waals surface area contributed by atoms with E-state index in [1.54, 1.807) is 0 Å². The van der Waals surface area contributed by atoms with E-state index in [9.17, 15) is 4.79 Å². The van der Waals surface area contributed by atoms with Crippen LogP contribution in [-0.2, 0) is 0 Å². The van der Waals surface area contributed by atoms with Crippen LogP contribution in [-0.4, -0.2) is 37.8 Å². The summed E-state index contributed by atoms with van der Waals surface area (Å²) in [5.74, 6) is 0.825. The van der Waals surface area contributed by atoms with Crippen molar-refractivity contribution in [3.63, 3.8) is 0 Å². The second-order valence-electron chi connectivity index (χ2n) is 4.77. The molecule has 20 heavy (non-hydrogen) atoms. The number of benzene rings is 1. The minimum Gasteiger partial charge on any atom is -0.489 e. The van der Waals surface area contributed by atoms with Gasteiger partial charge in [0.15, 0.2) is 0 Å². The standard InChI is InChI=1S/C14H22N4O2/c1-2-12(20-13-6-4-3-5-7-13)10-15-14(19)18-11-8-16-17-9-11/h3-7,11-12,16-17H,2,8-10H2,1H3,(H2,15,18,19). The van der Waals surface area contributed by atoms with Crippen LogP contribution in [0.2, 0.25) is 0 Å². The molecule has 2 rings (SSSR count). The van der Waals surface area contributed by atoms with Gasteiger partial charge in [-0.25, -0.2) is 4.79 Å². The Balaban J connectivity index is 1.71. The zero-order valence-electron chi connectivity index (χ0n) is 11.7. The molecule has 1 aliphatic rings. The molecule has 0 saturated carbocycles. The van der Waals surface area contributed by atoms with Crippen LogP contribution in [0.25, 0.3) is 0 Å². The number of urea groups is 1. The van der Waals surface area contributed by atoms with E-state index in [0.29, 0.717) is 6.54 Å². The highest BCUT2D eigenvalue weighted by Gasteiger charge is 2.17. The van der Waals surface area contributed by atoms with Crippen LogP contribution in [0, 0.1) is 0 Å². The fraction of sp³-hybridized carbons (Fsp3) is 0.500. The first kappa shape index (κ1) is 14.6. The minimum absolute atomic E-state index is 0.0250. The van der Waals surface area contributed by atoms with Crippen molar-refractivity contribution in [3.8, 4) is 5.75 Å². The third kappa shape index (κ3) is 4.71. The van der Waals surface area contributed by atoms with Crippen molar-refractivity contribution in [2.45, 2.75) is 25.5 Å². The molecule has 0 aliphatic carbocycles. The van der Waals surface area contributed by atoms with Crippen molar-refractivity contribution in [3.05, 3.63) is 30.3 Å². The van der Waals surface area contributed by atoms with Crippen LogP contribution in [0.1, 0.15) is 13.3 Å². The lowest BCUT2D eigenvalue weighted by atomic mass is 10.2. The molecule has 1 fully saturated rings. The van der Waals surface area contributed by atoms with Gasteiger partial charge in [-0.15, -0.1) is 0 Å². The molecule has 1 unspecified atom stereocenters. The summed E-state index contributed by atoms with van der Waals surface area (Å²) in [6.45, 7) is 4.01. The number of para-hydroxylation sites is 1. The van der Waals surface area contributed by atoms with Crippen molar-refractivity contribution in [2.75, 3.05) is 19.6 Å². The lowest BCUT2D eigenvalue weighted by Gasteiger charge is -2.19. The second kappa shape index (κ2) is 7.72. The fourth-order valence-corrected chi connectivity index (χ4v) is 1.97. The number of ether oxygens (including phenoxy) is 1. The van der Waals surface area contributed by atoms with Gasteiger partial charge < -0.3 is 15.4 Å². The summed E-state index contributed by atoms with van der Waals surface area (Å²) >= 11 is 0. The Morgan fingerprint density at radius 1 is 1.35 bits per heavy atom. The largest absolute Gasteiger partial charge is 0.489 e. The van der Waals surface area contributed by atoms with Crippen LogP contribution < -0.4 is 26.2 Å². The number of hydrazine groups is 1. The molecule has 2 amide bonds. The Labute approximate surface area is 119 Å². The molecule has 0 radical (unpaired) electrons. The molecule has 0 bridgehead atoms. The first-order valence-corrected chi connectivity index (χ1v) is 6.99. The van der Waals surface area contributed by atoms with E-state index < -0.39 is 0 Å². The predicted molar refractivity (Wildman–Crippen MR) is 77.5 cm³/mol. The summed E-state index contributed by atoms with van der Waals surface area (Å²) in [7, 11) is 0. The van der Waals surface area contributed by atoms with Crippen LogP contribution in [0.5, 0.6) is 5.75 Å². The SMILES string of the molecule is CCC(CNC(=O)NC1CNNC1)Oc1ccccc1. The number of hydrogen-bond acceptors (Lipinski definition) is 4. The van der Waals surface area contributed by atoms with Gasteiger partial charge >= 0.3 is 6.03 Å². The Kier molecular flexibility index (Phi) is 5.64. The number of rotatable bonds is 6. The average molecular weight is 278 g/mol. The van der Waals surface area contributed by atoms with Crippen molar-refractivity contribution >= 4 is 6.03 Å². The van der Waals surface area contributed by atoms with E-state index in [0.717, 1.165) is 25.3 Å². The number of nitrogens with one attached hydrogen (secondary N) is 4. The van der Waals surface area contributed by atoms with E-state index in [1.807, 2.05) is 37.3 Å². The topological polar surface area (TPSA) is 74.4 Å². The molecule has 1 heterocycles. The summed E-state index contributed by atoms with van der Waals surface area (Å²) in [5.41, 5.74) is 5.94. The quantitative estimate of drug-likeness (QED) is 0.615. The molecule has 0 spiro atoms. The molecule has 110 valence electrons. The van der Waals surface area contributed by atoms with Crippen LogP contribution in [0.3, 0.4) is 0 Å². The lowest BCUT2D eigenvalue weighted by Crippen LogP contribution is -2.47. The normalized spacial score (nSPS) is 16.6. The Morgan fingerprint density at radius 2 is 2.05 bits per heavy atom. The number of carbonyl (C=O) groups excluding carboxylic acids is 1. The van der Waals surface area contributed by atoms with Crippen molar-refractivity contribution in [1.82, 2.24) is 21.5 Å². The van der Waals surface area contributed by atoms with Gasteiger partial charge in [-0.2, -0.15) is 0 Å². The van der Waals surface area contributed by atoms with Gasteiger partial charge in [-0.3, -0.25) is 10.9 Å². The average Bonchev–Trinajstić information content (AvgIpc) is 2.97. The fourth-order valence-electron chi connectivity index (χ4n) is 1.97. The van der Waals surface area contributed by atoms with E-state index >= 15 is 0 Å². The second-order valence-corrected chi connectivity index (χ2v) is 4.77. The summed E-state index contributed by atoms with van der Waals surface area (Å²) in [5, 5.41) is 5.74. The van der Waals surface area contributed by atoms with Crippen molar-refractivity contribution in [2.24, 2.45) is 0 Å². The van der Waals surface area contributed by atoms with Crippen LogP contribution in [0.4, 0.5) is 4.79 Å². The van der Waals surface area contributed by atoms with Gasteiger partial charge in [0.25, 0.3) is 0 Å². The highest BCUT2D eigenvalue weighted by Crippen LogP contribution is 2.11. The number of hydrogen-bond donors (Lipinski definition) is 4. The summed E-state index contributed by atoms with van der Waals surface area (Å²) in [6.07, 6.45) is 0.810. The monoisotopic (exact) mass is 278 g/mol. The van der Waals surface area contributed by atoms with Gasteiger partial charge in [-0.05, 0) is 18.6 Å². The van der Waals surface area contributed by atoms with Gasteiger partial charge in [-0.1, -0.05) is 25.1 Å². The summed E-state index contributed by atoms with van der Waals surface area (Å²) in [6, 6.07) is 9.62. The van der Waals surface area contributed by atoms with Crippen LogP contribution in [0.15, 0.2) is 30.3 Å². The Morgan fingerprint density at radius 3 is 2.70 bits per heavy atom. The molecule has 6 heteroatoms. The lowest BCUT2D eigenvalue weighted by molar-refractivity contribution is 0.189. The molecule has 1 aromatic carbocycles. The highest BCUT2D eigenvalue weighted by molar-refractivity contribution is 5.74. The molecule has 1 aromatic rings. The number of carbonyl (C=O) groups is 1. The number of amides is 2. The smallest absolute Gasteiger partial charge is 0.315 e. The molecule has 1 aliphatic heterocycles. The zero-order valence-corrected chi connectivity index (χ0v) is 11.7. The summed E-state index contributed by atoms with van der Waals surface area (Å²) < 4.78 is 5.82. The first-order chi connectivity index (χ1) is 9.78. The maximum Gasteiger partial charge on any atom is 0.315 e. The van der Waals surface area contributed by atoms with Gasteiger partial charge in [0, 0.05) is 13.1 Å².